The van der Waals surface area contributed by atoms with Crippen LogP contribution in [0.25, 0.3) is 10.6 Å². The van der Waals surface area contributed by atoms with E-state index in [9.17, 15) is 0 Å². The number of fused-ring (bicyclic) bond motifs is 1. The van der Waals surface area contributed by atoms with Crippen LogP contribution in [0.3, 0.4) is 0 Å². The molecule has 5 nitrogen and oxygen atoms in total. The maximum absolute atomic E-state index is 5.62. The fourth-order valence-electron chi connectivity index (χ4n) is 1.65. The Morgan fingerprint density at radius 2 is 1.94 bits per heavy atom. The zero-order valence-electron chi connectivity index (χ0n) is 9.05. The van der Waals surface area contributed by atoms with Crippen molar-refractivity contribution in [1.82, 2.24) is 10.2 Å². The molecule has 0 saturated heterocycles. The molecular weight excluding hydrogens is 238 g/mol. The van der Waals surface area contributed by atoms with E-state index >= 15 is 0 Å². The number of hydrogen-bond donors (Lipinski definition) is 1. The first-order valence-corrected chi connectivity index (χ1v) is 6.13. The van der Waals surface area contributed by atoms with Gasteiger partial charge in [-0.3, -0.25) is 0 Å². The second-order valence-corrected chi connectivity index (χ2v) is 4.67. The number of ether oxygens (including phenoxy) is 2. The van der Waals surface area contributed by atoms with Gasteiger partial charge in [-0.05, 0) is 18.2 Å². The Morgan fingerprint density at radius 3 is 2.71 bits per heavy atom. The number of rotatable bonds is 1. The van der Waals surface area contributed by atoms with E-state index in [-0.39, 0.29) is 0 Å². The van der Waals surface area contributed by atoms with E-state index in [0.717, 1.165) is 28.5 Å². The molecule has 0 unspecified atom stereocenters. The molecule has 0 bridgehead atoms. The first-order valence-electron chi connectivity index (χ1n) is 5.32. The third kappa shape index (κ3) is 2.03. The highest BCUT2D eigenvalue weighted by molar-refractivity contribution is 7.18. The van der Waals surface area contributed by atoms with Crippen molar-refractivity contribution in [2.24, 2.45) is 0 Å². The van der Waals surface area contributed by atoms with Crippen LogP contribution in [0.4, 0.5) is 5.13 Å². The minimum Gasteiger partial charge on any atom is -0.490 e. The second kappa shape index (κ2) is 4.21. The van der Waals surface area contributed by atoms with Crippen molar-refractivity contribution in [1.29, 1.82) is 0 Å². The molecule has 0 spiro atoms. The summed E-state index contributed by atoms with van der Waals surface area (Å²) in [6.07, 6.45) is 0.899. The Labute approximate surface area is 102 Å². The van der Waals surface area contributed by atoms with Crippen molar-refractivity contribution in [3.8, 4) is 22.1 Å². The lowest BCUT2D eigenvalue weighted by Crippen LogP contribution is -1.97. The maximum atomic E-state index is 5.62. The molecule has 0 amide bonds. The van der Waals surface area contributed by atoms with Gasteiger partial charge in [-0.15, -0.1) is 10.2 Å². The van der Waals surface area contributed by atoms with Gasteiger partial charge in [0.15, 0.2) is 11.5 Å². The molecule has 0 radical (unpaired) electrons. The lowest BCUT2D eigenvalue weighted by Gasteiger charge is -2.07. The number of aromatic nitrogens is 2. The van der Waals surface area contributed by atoms with Crippen LogP contribution < -0.4 is 15.2 Å². The van der Waals surface area contributed by atoms with Crippen LogP contribution in [0.5, 0.6) is 11.5 Å². The number of nitrogen functional groups attached to an aromatic ring is 1. The summed E-state index contributed by atoms with van der Waals surface area (Å²) < 4.78 is 11.2. The highest BCUT2D eigenvalue weighted by atomic mass is 32.1. The van der Waals surface area contributed by atoms with Gasteiger partial charge >= 0.3 is 0 Å². The van der Waals surface area contributed by atoms with Gasteiger partial charge in [0.1, 0.15) is 5.01 Å². The fraction of sp³-hybridized carbons (Fsp3) is 0.273. The minimum absolute atomic E-state index is 0.465. The number of nitrogens with two attached hydrogens (primary N) is 1. The summed E-state index contributed by atoms with van der Waals surface area (Å²) in [5.74, 6) is 1.54. The van der Waals surface area contributed by atoms with E-state index in [1.807, 2.05) is 18.2 Å². The molecule has 17 heavy (non-hydrogen) atoms. The van der Waals surface area contributed by atoms with Crippen LogP contribution in [0.15, 0.2) is 18.2 Å². The highest BCUT2D eigenvalue weighted by Crippen LogP contribution is 2.35. The van der Waals surface area contributed by atoms with Crippen molar-refractivity contribution in [2.75, 3.05) is 18.9 Å². The predicted octanol–water partition coefficient (Wildman–Crippen LogP) is 1.95. The van der Waals surface area contributed by atoms with Crippen molar-refractivity contribution in [3.63, 3.8) is 0 Å². The molecule has 0 aliphatic carbocycles. The normalized spacial score (nSPS) is 14.4. The van der Waals surface area contributed by atoms with Gasteiger partial charge in [0.2, 0.25) is 5.13 Å². The van der Waals surface area contributed by atoms with Gasteiger partial charge in [-0.2, -0.15) is 0 Å². The Balaban J connectivity index is 2.00. The van der Waals surface area contributed by atoms with Crippen molar-refractivity contribution in [2.45, 2.75) is 6.42 Å². The molecule has 0 saturated carbocycles. The first-order chi connectivity index (χ1) is 8.33. The summed E-state index contributed by atoms with van der Waals surface area (Å²) in [6, 6.07) is 5.75. The molecule has 1 aliphatic heterocycles. The van der Waals surface area contributed by atoms with Crippen molar-refractivity contribution >= 4 is 16.5 Å². The lowest BCUT2D eigenvalue weighted by molar-refractivity contribution is 0.297. The van der Waals surface area contributed by atoms with Gasteiger partial charge in [0.25, 0.3) is 0 Å². The van der Waals surface area contributed by atoms with Crippen LogP contribution in [-0.4, -0.2) is 23.4 Å². The average molecular weight is 249 g/mol. The van der Waals surface area contributed by atoms with Crippen molar-refractivity contribution < 1.29 is 9.47 Å². The number of hydrogen-bond acceptors (Lipinski definition) is 6. The van der Waals surface area contributed by atoms with E-state index in [2.05, 4.69) is 10.2 Å². The van der Waals surface area contributed by atoms with E-state index < -0.39 is 0 Å². The quantitative estimate of drug-likeness (QED) is 0.836. The topological polar surface area (TPSA) is 70.3 Å². The summed E-state index contributed by atoms with van der Waals surface area (Å²) >= 11 is 1.36. The number of benzene rings is 1. The zero-order valence-corrected chi connectivity index (χ0v) is 9.87. The van der Waals surface area contributed by atoms with E-state index in [4.69, 9.17) is 15.2 Å². The monoisotopic (exact) mass is 249 g/mol. The van der Waals surface area contributed by atoms with Gasteiger partial charge in [0.05, 0.1) is 13.2 Å². The third-order valence-electron chi connectivity index (χ3n) is 2.44. The second-order valence-electron chi connectivity index (χ2n) is 3.66. The number of anilines is 1. The molecule has 88 valence electrons. The average Bonchev–Trinajstić information content (AvgIpc) is 2.64. The van der Waals surface area contributed by atoms with Crippen LogP contribution in [0.1, 0.15) is 6.42 Å². The lowest BCUT2D eigenvalue weighted by atomic mass is 10.2. The molecule has 2 N–H and O–H groups in total. The van der Waals surface area contributed by atoms with Gasteiger partial charge in [0, 0.05) is 12.0 Å². The van der Waals surface area contributed by atoms with Crippen LogP contribution >= 0.6 is 11.3 Å². The maximum Gasteiger partial charge on any atom is 0.203 e. The smallest absolute Gasteiger partial charge is 0.203 e. The third-order valence-corrected chi connectivity index (χ3v) is 3.24. The largest absolute Gasteiger partial charge is 0.490 e. The van der Waals surface area contributed by atoms with Gasteiger partial charge in [-0.25, -0.2) is 0 Å². The molecule has 6 heteroatoms. The van der Waals surface area contributed by atoms with Gasteiger partial charge < -0.3 is 15.2 Å². The number of nitrogens with zero attached hydrogens (tertiary/aromatic N) is 2. The standard InChI is InChI=1S/C11H11N3O2S/c12-11-14-13-10(17-11)7-2-3-8-9(6-7)16-5-1-4-15-8/h2-3,6H,1,4-5H2,(H2,12,14). The predicted molar refractivity (Wildman–Crippen MR) is 65.4 cm³/mol. The molecule has 1 aromatic carbocycles. The molecule has 3 rings (SSSR count). The summed E-state index contributed by atoms with van der Waals surface area (Å²) in [6.45, 7) is 1.37. The Hall–Kier alpha value is -1.82. The van der Waals surface area contributed by atoms with Crippen molar-refractivity contribution in [3.05, 3.63) is 18.2 Å². The SMILES string of the molecule is Nc1nnc(-c2ccc3c(c2)OCCCO3)s1. The highest BCUT2D eigenvalue weighted by Gasteiger charge is 2.13. The molecule has 1 aliphatic rings. The van der Waals surface area contributed by atoms with E-state index in [1.165, 1.54) is 11.3 Å². The Morgan fingerprint density at radius 1 is 1.12 bits per heavy atom. The van der Waals surface area contributed by atoms with Crippen LogP contribution in [0.2, 0.25) is 0 Å². The molecular formula is C11H11N3O2S. The fourth-order valence-corrected chi connectivity index (χ4v) is 2.25. The molecule has 1 aromatic heterocycles. The Bertz CT molecular complexity index is 541. The summed E-state index contributed by atoms with van der Waals surface area (Å²) in [4.78, 5) is 0. The van der Waals surface area contributed by atoms with Crippen LogP contribution in [0, 0.1) is 0 Å². The first kappa shape index (κ1) is 10.3. The molecule has 0 atom stereocenters. The molecule has 2 aromatic rings. The Kier molecular flexibility index (Phi) is 2.56. The minimum atomic E-state index is 0.465. The van der Waals surface area contributed by atoms with Gasteiger partial charge in [-0.1, -0.05) is 11.3 Å². The summed E-state index contributed by atoms with van der Waals surface area (Å²) in [7, 11) is 0. The van der Waals surface area contributed by atoms with E-state index in [0.29, 0.717) is 18.3 Å². The molecule has 2 heterocycles. The zero-order chi connectivity index (χ0) is 11.7. The summed E-state index contributed by atoms with van der Waals surface area (Å²) in [5, 5.41) is 9.06. The summed E-state index contributed by atoms with van der Waals surface area (Å²) in [5.41, 5.74) is 6.52. The van der Waals surface area contributed by atoms with E-state index in [1.54, 1.807) is 0 Å². The van der Waals surface area contributed by atoms with Crippen LogP contribution in [-0.2, 0) is 0 Å². The molecule has 0 fully saturated rings.